The van der Waals surface area contributed by atoms with Crippen LogP contribution in [0.2, 0.25) is 0 Å². The second-order valence-electron chi connectivity index (χ2n) is 5.33. The molecule has 1 aliphatic heterocycles. The van der Waals surface area contributed by atoms with Gasteiger partial charge in [0.2, 0.25) is 15.9 Å². The molecule has 0 fully saturated rings. The van der Waals surface area contributed by atoms with E-state index in [9.17, 15) is 13.2 Å². The van der Waals surface area contributed by atoms with Crippen LogP contribution < -0.4 is 14.4 Å². The van der Waals surface area contributed by atoms with Crippen molar-refractivity contribution in [2.45, 2.75) is 18.4 Å². The van der Waals surface area contributed by atoms with Crippen molar-refractivity contribution in [3.05, 3.63) is 48.3 Å². The molecule has 0 atom stereocenters. The summed E-state index contributed by atoms with van der Waals surface area (Å²) < 4.78 is 33.0. The molecule has 0 saturated carbocycles. The van der Waals surface area contributed by atoms with Crippen LogP contribution in [-0.2, 0) is 21.4 Å². The number of rotatable bonds is 4. The van der Waals surface area contributed by atoms with Gasteiger partial charge in [0.05, 0.1) is 17.1 Å². The molecular weight excluding hydrogens is 330 g/mol. The molecular formula is C16H17N3O4S. The Bertz CT molecular complexity index is 853. The number of aromatic nitrogens is 1. The van der Waals surface area contributed by atoms with Crippen LogP contribution in [0.3, 0.4) is 0 Å². The summed E-state index contributed by atoms with van der Waals surface area (Å²) in [4.78, 5) is 17.3. The fourth-order valence-electron chi connectivity index (χ4n) is 2.46. The van der Waals surface area contributed by atoms with Crippen LogP contribution in [0.1, 0.15) is 12.5 Å². The van der Waals surface area contributed by atoms with E-state index in [1.807, 2.05) is 0 Å². The minimum atomic E-state index is -3.71. The van der Waals surface area contributed by atoms with Gasteiger partial charge in [-0.2, -0.15) is 0 Å². The Morgan fingerprint density at radius 2 is 2.21 bits per heavy atom. The number of benzene rings is 1. The summed E-state index contributed by atoms with van der Waals surface area (Å²) in [5.74, 6) is 0.347. The first-order chi connectivity index (χ1) is 11.5. The molecule has 2 aromatic rings. The van der Waals surface area contributed by atoms with Gasteiger partial charge in [0, 0.05) is 25.9 Å². The number of hydrogen-bond donors (Lipinski definition) is 1. The molecule has 1 aromatic carbocycles. The molecule has 1 aromatic heterocycles. The molecule has 0 saturated heterocycles. The number of amides is 1. The van der Waals surface area contributed by atoms with Crippen LogP contribution in [0.25, 0.3) is 0 Å². The SMILES string of the molecule is CC(=O)N1CCOc2ccc(S(=O)(=O)NCc3cccnc3)cc21. The number of nitrogens with zero attached hydrogens (tertiary/aromatic N) is 2. The lowest BCUT2D eigenvalue weighted by Crippen LogP contribution is -2.36. The third kappa shape index (κ3) is 3.39. The van der Waals surface area contributed by atoms with Crippen LogP contribution in [0.5, 0.6) is 5.75 Å². The predicted molar refractivity (Wildman–Crippen MR) is 88.2 cm³/mol. The van der Waals surface area contributed by atoms with Gasteiger partial charge in [-0.05, 0) is 29.8 Å². The highest BCUT2D eigenvalue weighted by atomic mass is 32.2. The van der Waals surface area contributed by atoms with Gasteiger partial charge < -0.3 is 9.64 Å². The maximum atomic E-state index is 12.5. The van der Waals surface area contributed by atoms with Crippen molar-refractivity contribution >= 4 is 21.6 Å². The first kappa shape index (κ1) is 16.4. The molecule has 24 heavy (non-hydrogen) atoms. The standard InChI is InChI=1S/C16H17N3O4S/c1-12(20)19-7-8-23-16-5-4-14(9-15(16)19)24(21,22)18-11-13-3-2-6-17-10-13/h2-6,9-10,18H,7-8,11H2,1H3. The maximum Gasteiger partial charge on any atom is 0.240 e. The van der Waals surface area contributed by atoms with Crippen molar-refractivity contribution in [3.8, 4) is 5.75 Å². The minimum absolute atomic E-state index is 0.0851. The second-order valence-corrected chi connectivity index (χ2v) is 7.10. The van der Waals surface area contributed by atoms with Gasteiger partial charge in [-0.15, -0.1) is 0 Å². The topological polar surface area (TPSA) is 88.6 Å². The predicted octanol–water partition coefficient (Wildman–Crippen LogP) is 1.31. The molecule has 0 spiro atoms. The zero-order chi connectivity index (χ0) is 17.2. The van der Waals surface area contributed by atoms with Crippen molar-refractivity contribution in [2.24, 2.45) is 0 Å². The van der Waals surface area contributed by atoms with Crippen LogP contribution in [-0.4, -0.2) is 32.5 Å². The number of ether oxygens (including phenoxy) is 1. The lowest BCUT2D eigenvalue weighted by Gasteiger charge is -2.29. The summed E-state index contributed by atoms with van der Waals surface area (Å²) >= 11 is 0. The number of carbonyl (C=O) groups is 1. The Hall–Kier alpha value is -2.45. The number of carbonyl (C=O) groups excluding carboxylic acids is 1. The van der Waals surface area contributed by atoms with Crippen molar-refractivity contribution < 1.29 is 17.9 Å². The van der Waals surface area contributed by atoms with Crippen LogP contribution in [0, 0.1) is 0 Å². The molecule has 1 N–H and O–H groups in total. The van der Waals surface area contributed by atoms with Gasteiger partial charge in [0.1, 0.15) is 12.4 Å². The molecule has 1 aliphatic rings. The lowest BCUT2D eigenvalue weighted by molar-refractivity contribution is -0.116. The van der Waals surface area contributed by atoms with Gasteiger partial charge >= 0.3 is 0 Å². The van der Waals surface area contributed by atoms with E-state index in [0.717, 1.165) is 5.56 Å². The third-order valence-corrected chi connectivity index (χ3v) is 5.07. The average Bonchev–Trinajstić information content (AvgIpc) is 2.60. The second kappa shape index (κ2) is 6.58. The number of sulfonamides is 1. The Morgan fingerprint density at radius 1 is 1.38 bits per heavy atom. The van der Waals surface area contributed by atoms with E-state index in [0.29, 0.717) is 24.6 Å². The molecule has 0 aliphatic carbocycles. The molecule has 0 radical (unpaired) electrons. The molecule has 8 heteroatoms. The molecule has 0 bridgehead atoms. The van der Waals surface area contributed by atoms with Crippen LogP contribution >= 0.6 is 0 Å². The van der Waals surface area contributed by atoms with Gasteiger partial charge in [0.15, 0.2) is 0 Å². The van der Waals surface area contributed by atoms with Crippen LogP contribution in [0.15, 0.2) is 47.6 Å². The molecule has 126 valence electrons. The summed E-state index contributed by atoms with van der Waals surface area (Å²) in [5, 5.41) is 0. The lowest BCUT2D eigenvalue weighted by atomic mass is 10.2. The highest BCUT2D eigenvalue weighted by Crippen LogP contribution is 2.33. The van der Waals surface area contributed by atoms with E-state index in [-0.39, 0.29) is 17.3 Å². The number of pyridine rings is 1. The fraction of sp³-hybridized carbons (Fsp3) is 0.250. The largest absolute Gasteiger partial charge is 0.490 e. The smallest absolute Gasteiger partial charge is 0.240 e. The fourth-order valence-corrected chi connectivity index (χ4v) is 3.49. The van der Waals surface area contributed by atoms with E-state index in [1.54, 1.807) is 30.6 Å². The zero-order valence-corrected chi connectivity index (χ0v) is 13.9. The van der Waals surface area contributed by atoms with Gasteiger partial charge in [-0.3, -0.25) is 9.78 Å². The van der Waals surface area contributed by atoms with E-state index in [4.69, 9.17) is 4.74 Å². The van der Waals surface area contributed by atoms with E-state index in [1.165, 1.54) is 24.0 Å². The first-order valence-corrected chi connectivity index (χ1v) is 8.89. The van der Waals surface area contributed by atoms with Crippen molar-refractivity contribution in [1.82, 2.24) is 9.71 Å². The number of fused-ring (bicyclic) bond motifs is 1. The average molecular weight is 347 g/mol. The molecule has 2 heterocycles. The summed E-state index contributed by atoms with van der Waals surface area (Å²) in [6.45, 7) is 2.37. The van der Waals surface area contributed by atoms with Crippen molar-refractivity contribution in [1.29, 1.82) is 0 Å². The monoisotopic (exact) mass is 347 g/mol. The Morgan fingerprint density at radius 3 is 2.92 bits per heavy atom. The quantitative estimate of drug-likeness (QED) is 0.901. The Labute approximate surface area is 140 Å². The Balaban J connectivity index is 1.86. The van der Waals surface area contributed by atoms with Gasteiger partial charge in [0.25, 0.3) is 0 Å². The van der Waals surface area contributed by atoms with E-state index >= 15 is 0 Å². The van der Waals surface area contributed by atoms with E-state index in [2.05, 4.69) is 9.71 Å². The van der Waals surface area contributed by atoms with E-state index < -0.39 is 10.0 Å². The van der Waals surface area contributed by atoms with Crippen molar-refractivity contribution in [3.63, 3.8) is 0 Å². The van der Waals surface area contributed by atoms with Crippen molar-refractivity contribution in [2.75, 3.05) is 18.1 Å². The molecule has 7 nitrogen and oxygen atoms in total. The van der Waals surface area contributed by atoms with Crippen LogP contribution in [0.4, 0.5) is 5.69 Å². The first-order valence-electron chi connectivity index (χ1n) is 7.41. The summed E-state index contributed by atoms with van der Waals surface area (Å²) in [7, 11) is -3.71. The number of anilines is 1. The highest BCUT2D eigenvalue weighted by Gasteiger charge is 2.24. The minimum Gasteiger partial charge on any atom is -0.490 e. The molecule has 0 unspecified atom stereocenters. The molecule has 1 amide bonds. The summed E-state index contributed by atoms with van der Waals surface area (Å²) in [5.41, 5.74) is 1.23. The zero-order valence-electron chi connectivity index (χ0n) is 13.1. The Kier molecular flexibility index (Phi) is 4.50. The highest BCUT2D eigenvalue weighted by molar-refractivity contribution is 7.89. The van der Waals surface area contributed by atoms with Gasteiger partial charge in [-0.25, -0.2) is 13.1 Å². The number of nitrogens with one attached hydrogen (secondary N) is 1. The number of hydrogen-bond acceptors (Lipinski definition) is 5. The van der Waals surface area contributed by atoms with Gasteiger partial charge in [-0.1, -0.05) is 6.07 Å². The maximum absolute atomic E-state index is 12.5. The molecule has 3 rings (SSSR count). The third-order valence-electron chi connectivity index (χ3n) is 3.67. The summed E-state index contributed by atoms with van der Waals surface area (Å²) in [6, 6.07) is 8.02. The summed E-state index contributed by atoms with van der Waals surface area (Å²) in [6.07, 6.45) is 3.22. The normalized spacial score (nSPS) is 14.0.